The third-order valence-electron chi connectivity index (χ3n) is 1.74. The number of hydrogen-bond donors (Lipinski definition) is 6. The third-order valence-corrected chi connectivity index (χ3v) is 3.15. The molecule has 1 rings (SSSR count). The Bertz CT molecular complexity index is 200. The van der Waals surface area contributed by atoms with Gasteiger partial charge in [0.05, 0.1) is 56.5 Å². The topological polar surface area (TPSA) is 164 Å². The molecule has 0 aromatic heterocycles. The first-order valence-corrected chi connectivity index (χ1v) is 15.1. The Balaban J connectivity index is -0.0000000394. The monoisotopic (exact) mass is 844 g/mol. The summed E-state index contributed by atoms with van der Waals surface area (Å²) in [5, 5.41) is 48.7. The normalized spacial score (nSPS) is 13.7. The summed E-state index contributed by atoms with van der Waals surface area (Å²) in [5.41, 5.74) is 0. The quantitative estimate of drug-likeness (QED) is 0.0788. The number of epoxide rings is 1. The van der Waals surface area contributed by atoms with Gasteiger partial charge in [0.2, 0.25) is 0 Å². The smallest absolute Gasteiger partial charge is 0.870 e. The van der Waals surface area contributed by atoms with E-state index in [2.05, 4.69) is 37.2 Å². The Labute approximate surface area is 248 Å². The Morgan fingerprint density at radius 1 is 0.786 bits per heavy atom. The van der Waals surface area contributed by atoms with Gasteiger partial charge in [-0.05, 0) is 0 Å². The van der Waals surface area contributed by atoms with E-state index in [0.717, 1.165) is 6.61 Å². The summed E-state index contributed by atoms with van der Waals surface area (Å²) in [4.78, 5) is 0. The van der Waals surface area contributed by atoms with E-state index in [4.69, 9.17) is 81.8 Å². The fraction of sp³-hybridized carbons (Fsp3) is 1.00. The van der Waals surface area contributed by atoms with Gasteiger partial charge < -0.3 is 40.9 Å². The van der Waals surface area contributed by atoms with Crippen LogP contribution in [0.5, 0.6) is 0 Å². The van der Waals surface area contributed by atoms with Crippen molar-refractivity contribution in [2.45, 2.75) is 24.4 Å². The predicted octanol–water partition coefficient (Wildman–Crippen LogP) is -1.42. The van der Waals surface area contributed by atoms with Gasteiger partial charge in [0, 0.05) is 49.0 Å². The molecule has 28 heavy (non-hydrogen) atoms. The number of ether oxygens (including phenoxy) is 1. The van der Waals surface area contributed by atoms with Gasteiger partial charge in [0.15, 0.2) is 0 Å². The van der Waals surface area contributed by atoms with Gasteiger partial charge >= 0.3 is 29.6 Å². The van der Waals surface area contributed by atoms with E-state index in [-0.39, 0.29) is 96.5 Å². The molecule has 16 heteroatoms. The van der Waals surface area contributed by atoms with Crippen LogP contribution in [0.4, 0.5) is 0 Å². The van der Waals surface area contributed by atoms with Crippen molar-refractivity contribution in [3.63, 3.8) is 0 Å². The van der Waals surface area contributed by atoms with Crippen LogP contribution in [0.15, 0.2) is 0 Å². The summed E-state index contributed by atoms with van der Waals surface area (Å²) in [6.07, 6.45) is -1.83. The van der Waals surface area contributed by atoms with Gasteiger partial charge in [-0.2, -0.15) is 0 Å². The first-order valence-electron chi connectivity index (χ1n) is 6.73. The molecule has 2 unspecified atom stereocenters. The minimum Gasteiger partial charge on any atom is -0.870 e. The molecular weight excluding hydrogens is 818 g/mol. The van der Waals surface area contributed by atoms with E-state index in [9.17, 15) is 0 Å². The molecule has 1 aliphatic rings. The molecule has 0 bridgehead atoms. The summed E-state index contributed by atoms with van der Waals surface area (Å²) < 4.78 is 4.73. The molecule has 0 aromatic carbocycles. The number of aliphatic hydroxyl groups excluding tert-OH is 6. The first-order chi connectivity index (χ1) is 11.9. The molecule has 1 saturated heterocycles. The van der Waals surface area contributed by atoms with Crippen LogP contribution < -0.4 is 29.6 Å². The van der Waals surface area contributed by atoms with Gasteiger partial charge in [-0.1, -0.05) is 0 Å². The average Bonchev–Trinajstić information content (AvgIpc) is 3.53. The van der Waals surface area contributed by atoms with Gasteiger partial charge in [-0.3, -0.25) is 0 Å². The van der Waals surface area contributed by atoms with E-state index in [0.29, 0.717) is 12.0 Å². The zero-order valence-corrected chi connectivity index (χ0v) is 26.9. The van der Waals surface area contributed by atoms with Crippen molar-refractivity contribution in [1.29, 1.82) is 0 Å². The van der Waals surface area contributed by atoms with Crippen LogP contribution in [0.25, 0.3) is 0 Å². The molecule has 2 atom stereocenters. The molecule has 1 fully saturated rings. The van der Waals surface area contributed by atoms with Crippen LogP contribution in [0.1, 0.15) is 0 Å². The van der Waals surface area contributed by atoms with Gasteiger partial charge in [-0.25, -0.2) is 0 Å². The maximum absolute atomic E-state index is 8.40. The second kappa shape index (κ2) is 44.7. The van der Waals surface area contributed by atoms with Crippen LogP contribution >= 0.6 is 108 Å². The largest absolute Gasteiger partial charge is 1.00 e. The molecule has 1 aliphatic heterocycles. The van der Waals surface area contributed by atoms with E-state index in [1.54, 1.807) is 0 Å². The molecule has 7 N–H and O–H groups in total. The molecule has 1 heterocycles. The summed E-state index contributed by atoms with van der Waals surface area (Å²) in [6.45, 7) is -0.0972. The molecule has 0 spiro atoms. The van der Waals surface area contributed by atoms with E-state index in [1.807, 2.05) is 0 Å². The third kappa shape index (κ3) is 57.2. The Kier molecular flexibility index (Phi) is 78.5. The van der Waals surface area contributed by atoms with Crippen molar-refractivity contribution in [2.75, 3.05) is 49.9 Å². The van der Waals surface area contributed by atoms with Crippen LogP contribution in [-0.4, -0.2) is 110 Å². The molecule has 8 nitrogen and oxygen atoms in total. The van der Waals surface area contributed by atoms with Crippen molar-refractivity contribution in [3.8, 4) is 0 Å². The van der Waals surface area contributed by atoms with Gasteiger partial charge in [0.25, 0.3) is 0 Å². The predicted molar refractivity (Wildman–Crippen MR) is 137 cm³/mol. The van der Waals surface area contributed by atoms with Gasteiger partial charge in [0.1, 0.15) is 6.10 Å². The molecule has 0 saturated carbocycles. The summed E-state index contributed by atoms with van der Waals surface area (Å²) in [5.74, 6) is 1.23. The molecule has 0 aromatic rings. The van der Waals surface area contributed by atoms with Crippen molar-refractivity contribution in [2.24, 2.45) is 0 Å². The van der Waals surface area contributed by atoms with Crippen molar-refractivity contribution >= 4 is 108 Å². The summed E-state index contributed by atoms with van der Waals surface area (Å²) >= 11 is 24.8. The molecule has 0 amide bonds. The number of aliphatic hydroxyl groups is 6. The Hall–Kier alpha value is 4.03. The fourth-order valence-electron chi connectivity index (χ4n) is 0.305. The summed E-state index contributed by atoms with van der Waals surface area (Å²) in [6, 6.07) is 0. The molecule has 174 valence electrons. The van der Waals surface area contributed by atoms with Gasteiger partial charge in [-0.15, -0.1) is 70.4 Å². The number of hydrogen-bond acceptors (Lipinski definition) is 8. The Morgan fingerprint density at radius 3 is 1.07 bits per heavy atom. The second-order valence-corrected chi connectivity index (χ2v) is 5.32. The van der Waals surface area contributed by atoms with E-state index < -0.39 is 18.3 Å². The zero-order valence-electron chi connectivity index (χ0n) is 15.2. The van der Waals surface area contributed by atoms with Crippen LogP contribution in [0.2, 0.25) is 0 Å². The first kappa shape index (κ1) is 49.2. The van der Waals surface area contributed by atoms with Crippen LogP contribution in [0, 0.1) is 0 Å². The van der Waals surface area contributed by atoms with Crippen molar-refractivity contribution in [1.82, 2.24) is 0 Å². The minimum absolute atomic E-state index is 0. The molecule has 0 aliphatic carbocycles. The SMILES string of the molecule is ClCC1CO1.I.II.OC(CCl)CCl.OCC(O)CCl.OCC(O)CO.[Na+].[OH-]. The van der Waals surface area contributed by atoms with Crippen molar-refractivity contribution < 1.29 is 70.4 Å². The molecular formula is C12H28Cl4I3NaO8. The zero-order chi connectivity index (χ0) is 20.7. The van der Waals surface area contributed by atoms with Crippen LogP contribution in [0.3, 0.4) is 0 Å². The summed E-state index contributed by atoms with van der Waals surface area (Å²) in [7, 11) is 0. The van der Waals surface area contributed by atoms with Crippen molar-refractivity contribution in [3.05, 3.63) is 0 Å². The standard InChI is InChI=1S/C3H6Cl2O.C3H7ClO2.C3H5ClO.C3H8O3.I2.HI.Na.H2O/c2*4-1-3(6)2-5;4-1-3-2-5-3;4-1-3(6)2-5;1-2;;;/h3,6H,1-2H2;3,5-6H,1-2H2;3H,1-2H2;3-6H,1-2H2;;1H;;1H2/q;;;;;;+1;/p-1. The maximum atomic E-state index is 8.40. The number of rotatable bonds is 7. The van der Waals surface area contributed by atoms with Crippen LogP contribution in [-0.2, 0) is 4.74 Å². The van der Waals surface area contributed by atoms with E-state index >= 15 is 0 Å². The Morgan fingerprint density at radius 2 is 1.07 bits per heavy atom. The molecule has 0 radical (unpaired) electrons. The minimum atomic E-state index is -0.954. The number of halogens is 7. The van der Waals surface area contributed by atoms with E-state index in [1.165, 1.54) is 0 Å². The maximum Gasteiger partial charge on any atom is 1.00 e. The number of alkyl halides is 4. The second-order valence-electron chi connectivity index (χ2n) is 4.08. The average molecular weight is 846 g/mol. The fourth-order valence-corrected chi connectivity index (χ4v) is 0.911.